The number of rotatable bonds is 5. The Morgan fingerprint density at radius 1 is 1.40 bits per heavy atom. The molecule has 1 rings (SSSR count). The van der Waals surface area contributed by atoms with Crippen LogP contribution in [0.5, 0.6) is 0 Å². The zero-order valence-electron chi connectivity index (χ0n) is 13.0. The first-order valence-corrected chi connectivity index (χ1v) is 8.89. The van der Waals surface area contributed by atoms with Gasteiger partial charge < -0.3 is 0 Å². The molecular formula is C14H27N3O2S. The molecule has 1 aliphatic heterocycles. The number of hydrogen-bond acceptors (Lipinski definition) is 3. The highest BCUT2D eigenvalue weighted by Crippen LogP contribution is 2.25. The molecule has 3 atom stereocenters. The van der Waals surface area contributed by atoms with Gasteiger partial charge in [0.25, 0.3) is 10.2 Å². The molecule has 0 aromatic carbocycles. The SMILES string of the molecule is CCN(CC(C)C#N)S(=O)(=O)N1CC(C)CCCC1C. The standard InChI is InChI=1S/C14H27N3O2S/c1-5-16(10-13(3)9-15)20(18,19)17-11-12(2)7-6-8-14(17)4/h12-14H,5-8,10-11H2,1-4H3. The van der Waals surface area contributed by atoms with Crippen molar-refractivity contribution in [2.24, 2.45) is 11.8 Å². The van der Waals surface area contributed by atoms with Gasteiger partial charge in [-0.2, -0.15) is 22.3 Å². The monoisotopic (exact) mass is 301 g/mol. The molecule has 0 aliphatic carbocycles. The van der Waals surface area contributed by atoms with Crippen molar-refractivity contribution in [1.29, 1.82) is 5.26 Å². The molecule has 0 amide bonds. The summed E-state index contributed by atoms with van der Waals surface area (Å²) in [6.07, 6.45) is 3.07. The van der Waals surface area contributed by atoms with Gasteiger partial charge in [0.1, 0.15) is 0 Å². The smallest absolute Gasteiger partial charge is 0.198 e. The van der Waals surface area contributed by atoms with Crippen molar-refractivity contribution in [3.8, 4) is 6.07 Å². The van der Waals surface area contributed by atoms with E-state index in [4.69, 9.17) is 5.26 Å². The van der Waals surface area contributed by atoms with Crippen LogP contribution in [-0.4, -0.2) is 42.7 Å². The van der Waals surface area contributed by atoms with Crippen LogP contribution in [0.4, 0.5) is 0 Å². The molecule has 3 unspecified atom stereocenters. The molecule has 20 heavy (non-hydrogen) atoms. The van der Waals surface area contributed by atoms with Crippen LogP contribution < -0.4 is 0 Å². The quantitative estimate of drug-likeness (QED) is 0.782. The fraction of sp³-hybridized carbons (Fsp3) is 0.929. The molecule has 0 saturated carbocycles. The molecule has 0 radical (unpaired) electrons. The van der Waals surface area contributed by atoms with E-state index in [9.17, 15) is 8.42 Å². The van der Waals surface area contributed by atoms with Crippen molar-refractivity contribution in [3.05, 3.63) is 0 Å². The summed E-state index contributed by atoms with van der Waals surface area (Å²) in [4.78, 5) is 0. The van der Waals surface area contributed by atoms with Gasteiger partial charge in [0.05, 0.1) is 12.0 Å². The first kappa shape index (κ1) is 17.4. The van der Waals surface area contributed by atoms with E-state index in [1.165, 1.54) is 4.31 Å². The summed E-state index contributed by atoms with van der Waals surface area (Å²) in [5, 5.41) is 8.91. The van der Waals surface area contributed by atoms with Gasteiger partial charge in [-0.3, -0.25) is 0 Å². The van der Waals surface area contributed by atoms with E-state index in [-0.39, 0.29) is 18.5 Å². The minimum Gasteiger partial charge on any atom is -0.198 e. The lowest BCUT2D eigenvalue weighted by Crippen LogP contribution is -2.49. The summed E-state index contributed by atoms with van der Waals surface area (Å²) in [6.45, 7) is 8.94. The van der Waals surface area contributed by atoms with Gasteiger partial charge in [0, 0.05) is 25.7 Å². The minimum absolute atomic E-state index is 0.0383. The molecule has 116 valence electrons. The molecule has 1 fully saturated rings. The van der Waals surface area contributed by atoms with E-state index in [0.717, 1.165) is 19.3 Å². The second-order valence-electron chi connectivity index (χ2n) is 5.94. The molecule has 0 N–H and O–H groups in total. The second kappa shape index (κ2) is 7.39. The van der Waals surface area contributed by atoms with Crippen molar-refractivity contribution in [1.82, 2.24) is 8.61 Å². The van der Waals surface area contributed by atoms with Gasteiger partial charge in [-0.15, -0.1) is 0 Å². The van der Waals surface area contributed by atoms with Crippen molar-refractivity contribution in [2.45, 2.75) is 53.0 Å². The van der Waals surface area contributed by atoms with Gasteiger partial charge in [0.15, 0.2) is 0 Å². The molecule has 0 aromatic heterocycles. The molecule has 5 nitrogen and oxygen atoms in total. The molecule has 6 heteroatoms. The summed E-state index contributed by atoms with van der Waals surface area (Å²) in [6, 6.07) is 2.15. The number of nitriles is 1. The Bertz CT molecular complexity index is 444. The first-order chi connectivity index (χ1) is 9.32. The maximum Gasteiger partial charge on any atom is 0.282 e. The maximum atomic E-state index is 12.8. The van der Waals surface area contributed by atoms with E-state index in [0.29, 0.717) is 19.0 Å². The van der Waals surface area contributed by atoms with Crippen LogP contribution >= 0.6 is 0 Å². The van der Waals surface area contributed by atoms with Crippen molar-refractivity contribution in [3.63, 3.8) is 0 Å². The second-order valence-corrected chi connectivity index (χ2v) is 7.82. The Balaban J connectivity index is 2.96. The lowest BCUT2D eigenvalue weighted by Gasteiger charge is -2.33. The third-order valence-corrected chi connectivity index (χ3v) is 6.14. The van der Waals surface area contributed by atoms with Crippen molar-refractivity contribution < 1.29 is 8.42 Å². The zero-order valence-corrected chi connectivity index (χ0v) is 13.9. The fourth-order valence-corrected chi connectivity index (χ4v) is 4.72. The van der Waals surface area contributed by atoms with Crippen LogP contribution in [0.1, 0.15) is 47.0 Å². The van der Waals surface area contributed by atoms with Crippen LogP contribution in [0.25, 0.3) is 0 Å². The van der Waals surface area contributed by atoms with Crippen LogP contribution in [-0.2, 0) is 10.2 Å². The van der Waals surface area contributed by atoms with Gasteiger partial charge in [-0.05, 0) is 32.6 Å². The molecule has 0 bridgehead atoms. The van der Waals surface area contributed by atoms with Crippen LogP contribution in [0, 0.1) is 23.2 Å². The summed E-state index contributed by atoms with van der Waals surface area (Å²) >= 11 is 0. The summed E-state index contributed by atoms with van der Waals surface area (Å²) in [5.74, 6) is 0.103. The Labute approximate surface area is 123 Å². The topological polar surface area (TPSA) is 64.4 Å². The van der Waals surface area contributed by atoms with Crippen LogP contribution in [0.2, 0.25) is 0 Å². The third-order valence-electron chi connectivity index (χ3n) is 3.98. The molecule has 0 aromatic rings. The highest BCUT2D eigenvalue weighted by Gasteiger charge is 2.35. The summed E-state index contributed by atoms with van der Waals surface area (Å²) in [5.41, 5.74) is 0. The lowest BCUT2D eigenvalue weighted by molar-refractivity contribution is 0.277. The van der Waals surface area contributed by atoms with Crippen LogP contribution in [0.15, 0.2) is 0 Å². The van der Waals surface area contributed by atoms with Gasteiger partial charge in [-0.1, -0.05) is 20.3 Å². The van der Waals surface area contributed by atoms with Crippen LogP contribution in [0.3, 0.4) is 0 Å². The average Bonchev–Trinajstić information content (AvgIpc) is 2.57. The number of nitrogens with zero attached hydrogens (tertiary/aromatic N) is 3. The molecule has 1 saturated heterocycles. The minimum atomic E-state index is -3.47. The van der Waals surface area contributed by atoms with E-state index in [2.05, 4.69) is 13.0 Å². The fourth-order valence-electron chi connectivity index (χ4n) is 2.69. The average molecular weight is 301 g/mol. The molecule has 1 aliphatic rings. The predicted molar refractivity (Wildman–Crippen MR) is 80.1 cm³/mol. The first-order valence-electron chi connectivity index (χ1n) is 7.49. The molecular weight excluding hydrogens is 274 g/mol. The van der Waals surface area contributed by atoms with E-state index in [1.807, 2.05) is 13.8 Å². The normalized spacial score (nSPS) is 27.0. The van der Waals surface area contributed by atoms with Crippen molar-refractivity contribution >= 4 is 10.2 Å². The van der Waals surface area contributed by atoms with Crippen molar-refractivity contribution in [2.75, 3.05) is 19.6 Å². The number of hydrogen-bond donors (Lipinski definition) is 0. The van der Waals surface area contributed by atoms with Gasteiger partial charge in [-0.25, -0.2) is 0 Å². The predicted octanol–water partition coefficient (Wildman–Crippen LogP) is 2.22. The van der Waals surface area contributed by atoms with E-state index < -0.39 is 10.2 Å². The molecule has 1 heterocycles. The van der Waals surface area contributed by atoms with E-state index in [1.54, 1.807) is 11.2 Å². The largest absolute Gasteiger partial charge is 0.282 e. The Kier molecular flexibility index (Phi) is 6.44. The Morgan fingerprint density at radius 2 is 2.05 bits per heavy atom. The van der Waals surface area contributed by atoms with Gasteiger partial charge >= 0.3 is 0 Å². The highest BCUT2D eigenvalue weighted by atomic mass is 32.2. The van der Waals surface area contributed by atoms with E-state index >= 15 is 0 Å². The Morgan fingerprint density at radius 3 is 2.60 bits per heavy atom. The lowest BCUT2D eigenvalue weighted by atomic mass is 10.1. The van der Waals surface area contributed by atoms with Gasteiger partial charge in [0.2, 0.25) is 0 Å². The zero-order chi connectivity index (χ0) is 15.3. The summed E-state index contributed by atoms with van der Waals surface area (Å²) in [7, 11) is -3.47. The Hall–Kier alpha value is -0.640. The third kappa shape index (κ3) is 4.18. The summed E-state index contributed by atoms with van der Waals surface area (Å²) < 4.78 is 28.7. The maximum absolute atomic E-state index is 12.8. The highest BCUT2D eigenvalue weighted by molar-refractivity contribution is 7.86. The molecule has 0 spiro atoms.